The van der Waals surface area contributed by atoms with Crippen molar-refractivity contribution in [2.24, 2.45) is 0 Å². The zero-order chi connectivity index (χ0) is 15.1. The second-order valence-electron chi connectivity index (χ2n) is 5.52. The summed E-state index contributed by atoms with van der Waals surface area (Å²) < 4.78 is 1.77. The normalized spacial score (nSPS) is 12.5. The fraction of sp³-hybridized carbons (Fsp3) is 0.105. The van der Waals surface area contributed by atoms with Crippen molar-refractivity contribution in [3.05, 3.63) is 76.6 Å². The van der Waals surface area contributed by atoms with Crippen molar-refractivity contribution < 1.29 is 5.11 Å². The monoisotopic (exact) mass is 289 g/mol. The van der Waals surface area contributed by atoms with Crippen LogP contribution in [0, 0.1) is 0 Å². The van der Waals surface area contributed by atoms with E-state index in [0.717, 1.165) is 23.2 Å². The second kappa shape index (κ2) is 4.88. The molecule has 1 aliphatic heterocycles. The van der Waals surface area contributed by atoms with E-state index >= 15 is 0 Å². The number of nitrogens with zero attached hydrogens (tertiary/aromatic N) is 1. The van der Waals surface area contributed by atoms with Crippen LogP contribution in [-0.2, 0) is 13.0 Å². The summed E-state index contributed by atoms with van der Waals surface area (Å²) in [7, 11) is 0. The molecule has 0 bridgehead atoms. The molecule has 0 atom stereocenters. The Morgan fingerprint density at radius 3 is 2.50 bits per heavy atom. The van der Waals surface area contributed by atoms with Crippen molar-refractivity contribution >= 4 is 0 Å². The van der Waals surface area contributed by atoms with Crippen LogP contribution in [0.1, 0.15) is 5.56 Å². The molecule has 1 N–H and O–H groups in total. The van der Waals surface area contributed by atoms with Crippen molar-refractivity contribution in [3.8, 4) is 28.1 Å². The third kappa shape index (κ3) is 1.86. The smallest absolute Gasteiger partial charge is 0.262 e. The van der Waals surface area contributed by atoms with Gasteiger partial charge in [0.2, 0.25) is 0 Å². The molecule has 3 aromatic rings. The minimum Gasteiger partial charge on any atom is -0.507 e. The fourth-order valence-electron chi connectivity index (χ4n) is 3.18. The van der Waals surface area contributed by atoms with Gasteiger partial charge in [-0.1, -0.05) is 54.6 Å². The number of aryl methyl sites for hydroxylation is 1. The van der Waals surface area contributed by atoms with Crippen molar-refractivity contribution in [2.45, 2.75) is 13.0 Å². The summed E-state index contributed by atoms with van der Waals surface area (Å²) in [6.07, 6.45) is 0.835. The SMILES string of the molecule is O=c1c(-c2ccccc2)c(O)cc2n1CCc1ccccc1-2. The van der Waals surface area contributed by atoms with Crippen LogP contribution in [0.2, 0.25) is 0 Å². The Bertz CT molecular complexity index is 910. The number of rotatable bonds is 1. The first-order valence-electron chi connectivity index (χ1n) is 7.36. The molecule has 2 aromatic carbocycles. The van der Waals surface area contributed by atoms with E-state index in [1.54, 1.807) is 10.6 Å². The van der Waals surface area contributed by atoms with E-state index in [-0.39, 0.29) is 11.3 Å². The van der Waals surface area contributed by atoms with Gasteiger partial charge in [0.25, 0.3) is 5.56 Å². The molecule has 2 heterocycles. The van der Waals surface area contributed by atoms with Crippen LogP contribution in [0.5, 0.6) is 5.75 Å². The van der Waals surface area contributed by atoms with Gasteiger partial charge in [0.1, 0.15) is 5.75 Å². The quantitative estimate of drug-likeness (QED) is 0.745. The highest BCUT2D eigenvalue weighted by molar-refractivity contribution is 5.75. The molecule has 0 radical (unpaired) electrons. The minimum atomic E-state index is -0.129. The summed E-state index contributed by atoms with van der Waals surface area (Å²) in [5, 5.41) is 10.4. The molecule has 0 amide bonds. The standard InChI is InChI=1S/C19H15NO2/c21-17-12-16-15-9-5-4-6-13(15)10-11-20(16)19(22)18(17)14-7-2-1-3-8-14/h1-9,12,21H,10-11H2. The molecule has 22 heavy (non-hydrogen) atoms. The Kier molecular flexibility index (Phi) is 2.86. The molecule has 1 aliphatic rings. The molecule has 1 aromatic heterocycles. The summed E-state index contributed by atoms with van der Waals surface area (Å²) in [5.41, 5.74) is 4.04. The highest BCUT2D eigenvalue weighted by atomic mass is 16.3. The number of pyridine rings is 1. The molecule has 0 unspecified atom stereocenters. The maximum Gasteiger partial charge on any atom is 0.262 e. The summed E-state index contributed by atoms with van der Waals surface area (Å²) in [6.45, 7) is 0.644. The molecule has 3 nitrogen and oxygen atoms in total. The van der Waals surface area contributed by atoms with Crippen LogP contribution in [0.15, 0.2) is 65.5 Å². The van der Waals surface area contributed by atoms with Crippen LogP contribution in [0.4, 0.5) is 0 Å². The number of fused-ring (bicyclic) bond motifs is 3. The highest BCUT2D eigenvalue weighted by Gasteiger charge is 2.21. The van der Waals surface area contributed by atoms with Gasteiger partial charge in [-0.2, -0.15) is 0 Å². The molecule has 0 saturated carbocycles. The van der Waals surface area contributed by atoms with E-state index in [1.807, 2.05) is 48.5 Å². The minimum absolute atomic E-state index is 0.0409. The maximum absolute atomic E-state index is 12.8. The number of hydrogen-bond donors (Lipinski definition) is 1. The van der Waals surface area contributed by atoms with Gasteiger partial charge in [-0.15, -0.1) is 0 Å². The lowest BCUT2D eigenvalue weighted by molar-refractivity contribution is 0.473. The predicted octanol–water partition coefficient (Wildman–Crippen LogP) is 3.44. The van der Waals surface area contributed by atoms with Crippen LogP contribution >= 0.6 is 0 Å². The third-order valence-corrected chi connectivity index (χ3v) is 4.24. The van der Waals surface area contributed by atoms with Gasteiger partial charge in [-0.3, -0.25) is 4.79 Å². The topological polar surface area (TPSA) is 42.2 Å². The van der Waals surface area contributed by atoms with Crippen LogP contribution in [0.25, 0.3) is 22.4 Å². The van der Waals surface area contributed by atoms with E-state index in [2.05, 4.69) is 6.07 Å². The molecule has 4 rings (SSSR count). The molecule has 3 heteroatoms. The summed E-state index contributed by atoms with van der Waals surface area (Å²) >= 11 is 0. The Balaban J connectivity index is 2.00. The molecule has 0 saturated heterocycles. The predicted molar refractivity (Wildman–Crippen MR) is 86.9 cm³/mol. The molecule has 0 fully saturated rings. The first-order chi connectivity index (χ1) is 10.8. The first-order valence-corrected chi connectivity index (χ1v) is 7.36. The maximum atomic E-state index is 12.8. The van der Waals surface area contributed by atoms with E-state index in [4.69, 9.17) is 0 Å². The lowest BCUT2D eigenvalue weighted by Crippen LogP contribution is -2.27. The summed E-state index contributed by atoms with van der Waals surface area (Å²) in [4.78, 5) is 12.8. The second-order valence-corrected chi connectivity index (χ2v) is 5.52. The number of aromatic hydroxyl groups is 1. The Hall–Kier alpha value is -2.81. The molecule has 0 spiro atoms. The van der Waals surface area contributed by atoms with E-state index in [0.29, 0.717) is 12.1 Å². The van der Waals surface area contributed by atoms with Crippen LogP contribution < -0.4 is 5.56 Å². The third-order valence-electron chi connectivity index (χ3n) is 4.24. The van der Waals surface area contributed by atoms with Gasteiger partial charge >= 0.3 is 0 Å². The zero-order valence-electron chi connectivity index (χ0n) is 12.0. The fourth-order valence-corrected chi connectivity index (χ4v) is 3.18. The average molecular weight is 289 g/mol. The van der Waals surface area contributed by atoms with Crippen LogP contribution in [0.3, 0.4) is 0 Å². The zero-order valence-corrected chi connectivity index (χ0v) is 12.0. The van der Waals surface area contributed by atoms with Gasteiger partial charge < -0.3 is 9.67 Å². The van der Waals surface area contributed by atoms with Gasteiger partial charge in [0, 0.05) is 18.2 Å². The van der Waals surface area contributed by atoms with Gasteiger partial charge in [0.15, 0.2) is 0 Å². The van der Waals surface area contributed by atoms with Crippen molar-refractivity contribution in [3.63, 3.8) is 0 Å². The Morgan fingerprint density at radius 1 is 0.955 bits per heavy atom. The average Bonchev–Trinajstić information content (AvgIpc) is 2.56. The number of benzene rings is 2. The molecular formula is C19H15NO2. The Morgan fingerprint density at radius 2 is 1.68 bits per heavy atom. The van der Waals surface area contributed by atoms with Gasteiger partial charge in [-0.25, -0.2) is 0 Å². The van der Waals surface area contributed by atoms with Crippen molar-refractivity contribution in [2.75, 3.05) is 0 Å². The lowest BCUT2D eigenvalue weighted by atomic mass is 9.95. The lowest BCUT2D eigenvalue weighted by Gasteiger charge is -2.23. The Labute approximate surface area is 128 Å². The van der Waals surface area contributed by atoms with Crippen LogP contribution in [-0.4, -0.2) is 9.67 Å². The summed E-state index contributed by atoms with van der Waals surface area (Å²) in [5.74, 6) is 0.0409. The van der Waals surface area contributed by atoms with Gasteiger partial charge in [0.05, 0.1) is 11.3 Å². The molecular weight excluding hydrogens is 274 g/mol. The number of hydrogen-bond acceptors (Lipinski definition) is 2. The first kappa shape index (κ1) is 12.9. The molecule has 0 aliphatic carbocycles. The number of aromatic nitrogens is 1. The van der Waals surface area contributed by atoms with Crippen molar-refractivity contribution in [1.29, 1.82) is 0 Å². The highest BCUT2D eigenvalue weighted by Crippen LogP contribution is 2.34. The largest absolute Gasteiger partial charge is 0.507 e. The van der Waals surface area contributed by atoms with Crippen molar-refractivity contribution in [1.82, 2.24) is 4.57 Å². The molecule has 108 valence electrons. The van der Waals surface area contributed by atoms with E-state index < -0.39 is 0 Å². The van der Waals surface area contributed by atoms with E-state index in [1.165, 1.54) is 5.56 Å². The summed E-state index contributed by atoms with van der Waals surface area (Å²) in [6, 6.07) is 19.1. The van der Waals surface area contributed by atoms with E-state index in [9.17, 15) is 9.90 Å². The van der Waals surface area contributed by atoms with Gasteiger partial charge in [-0.05, 0) is 17.5 Å².